The Morgan fingerprint density at radius 1 is 1.27 bits per heavy atom. The van der Waals surface area contributed by atoms with E-state index in [1.807, 2.05) is 6.07 Å². The van der Waals surface area contributed by atoms with Crippen molar-refractivity contribution in [2.24, 2.45) is 5.73 Å². The van der Waals surface area contributed by atoms with E-state index < -0.39 is 0 Å². The first-order valence-electron chi connectivity index (χ1n) is 4.09. The molecule has 0 aliphatic carbocycles. The van der Waals surface area contributed by atoms with Crippen LogP contribution >= 0.6 is 0 Å². The third-order valence-corrected chi connectivity index (χ3v) is 1.97. The van der Waals surface area contributed by atoms with Gasteiger partial charge in [-0.2, -0.15) is 0 Å². The van der Waals surface area contributed by atoms with E-state index in [0.29, 0.717) is 5.92 Å². The number of nitrogens with two attached hydrogens (primary N) is 1. The van der Waals surface area contributed by atoms with Gasteiger partial charge < -0.3 is 5.73 Å². The Bertz CT molecular complexity index is 193. The second-order valence-electron chi connectivity index (χ2n) is 2.89. The molecule has 1 nitrogen and oxygen atoms in total. The Hall–Kier alpha value is -0.820. The molecule has 60 valence electrons. The van der Waals surface area contributed by atoms with Crippen LogP contribution in [0.4, 0.5) is 0 Å². The summed E-state index contributed by atoms with van der Waals surface area (Å²) in [6.07, 6.45) is 1.07. The highest BCUT2D eigenvalue weighted by Gasteiger charge is 2.01. The van der Waals surface area contributed by atoms with Gasteiger partial charge in [0, 0.05) is 0 Å². The average Bonchev–Trinajstić information content (AvgIpc) is 2.07. The molecule has 0 aromatic heterocycles. The molecule has 1 aromatic rings. The highest BCUT2D eigenvalue weighted by Crippen LogP contribution is 2.16. The van der Waals surface area contributed by atoms with Crippen LogP contribution in [0.2, 0.25) is 0 Å². The third kappa shape index (κ3) is 2.35. The molecule has 0 bridgehead atoms. The lowest BCUT2D eigenvalue weighted by Crippen LogP contribution is -2.04. The summed E-state index contributed by atoms with van der Waals surface area (Å²) in [4.78, 5) is 0. The summed E-state index contributed by atoms with van der Waals surface area (Å²) in [5, 5.41) is 0. The van der Waals surface area contributed by atoms with Crippen molar-refractivity contribution in [3.8, 4) is 0 Å². The predicted molar refractivity (Wildman–Crippen MR) is 48.5 cm³/mol. The van der Waals surface area contributed by atoms with Crippen molar-refractivity contribution in [1.29, 1.82) is 0 Å². The van der Waals surface area contributed by atoms with Crippen LogP contribution in [-0.2, 0) is 0 Å². The van der Waals surface area contributed by atoms with Gasteiger partial charge >= 0.3 is 0 Å². The Morgan fingerprint density at radius 3 is 2.45 bits per heavy atom. The molecule has 0 saturated carbocycles. The Balaban J connectivity index is 2.61. The molecule has 1 rings (SSSR count). The predicted octanol–water partition coefficient (Wildman–Crippen LogP) is 2.14. The van der Waals surface area contributed by atoms with E-state index in [1.54, 1.807) is 0 Å². The van der Waals surface area contributed by atoms with Crippen molar-refractivity contribution in [2.45, 2.75) is 19.3 Å². The number of hydrogen-bond acceptors (Lipinski definition) is 1. The fourth-order valence-corrected chi connectivity index (χ4v) is 1.20. The fourth-order valence-electron chi connectivity index (χ4n) is 1.20. The van der Waals surface area contributed by atoms with E-state index in [1.165, 1.54) is 5.56 Å². The zero-order chi connectivity index (χ0) is 8.10. The lowest BCUT2D eigenvalue weighted by atomic mass is 9.98. The van der Waals surface area contributed by atoms with Crippen LogP contribution in [0.3, 0.4) is 0 Å². The van der Waals surface area contributed by atoms with Crippen LogP contribution in [-0.4, -0.2) is 6.54 Å². The van der Waals surface area contributed by atoms with E-state index in [0.717, 1.165) is 13.0 Å². The zero-order valence-corrected chi connectivity index (χ0v) is 6.96. The van der Waals surface area contributed by atoms with E-state index in [-0.39, 0.29) is 0 Å². The molecule has 1 aromatic carbocycles. The van der Waals surface area contributed by atoms with Crippen molar-refractivity contribution in [3.63, 3.8) is 0 Å². The first-order valence-corrected chi connectivity index (χ1v) is 4.09. The van der Waals surface area contributed by atoms with Gasteiger partial charge in [0.15, 0.2) is 0 Å². The molecule has 0 aliphatic heterocycles. The van der Waals surface area contributed by atoms with Crippen LogP contribution in [0.15, 0.2) is 30.3 Å². The van der Waals surface area contributed by atoms with Crippen molar-refractivity contribution in [3.05, 3.63) is 35.9 Å². The van der Waals surface area contributed by atoms with E-state index >= 15 is 0 Å². The monoisotopic (exact) mass is 149 g/mol. The van der Waals surface area contributed by atoms with Gasteiger partial charge in [-0.25, -0.2) is 0 Å². The molecule has 0 radical (unpaired) electrons. The van der Waals surface area contributed by atoms with Gasteiger partial charge in [-0.15, -0.1) is 0 Å². The van der Waals surface area contributed by atoms with Crippen LogP contribution in [0.5, 0.6) is 0 Å². The molecule has 0 saturated heterocycles. The lowest BCUT2D eigenvalue weighted by Gasteiger charge is -2.08. The zero-order valence-electron chi connectivity index (χ0n) is 6.96. The summed E-state index contributed by atoms with van der Waals surface area (Å²) in [6.45, 7) is 2.98. The molecular formula is C10H15N. The van der Waals surface area contributed by atoms with Gasteiger partial charge in [0.25, 0.3) is 0 Å². The quantitative estimate of drug-likeness (QED) is 0.700. The molecule has 0 aliphatic rings. The maximum Gasteiger partial charge on any atom is -0.00715 e. The van der Waals surface area contributed by atoms with E-state index in [4.69, 9.17) is 5.73 Å². The van der Waals surface area contributed by atoms with Gasteiger partial charge in [0.05, 0.1) is 0 Å². The van der Waals surface area contributed by atoms with E-state index in [2.05, 4.69) is 31.2 Å². The van der Waals surface area contributed by atoms with Crippen LogP contribution in [0.25, 0.3) is 0 Å². The molecule has 0 heterocycles. The SMILES string of the molecule is CC(CCN)c1ccccc1. The molecule has 1 unspecified atom stereocenters. The lowest BCUT2D eigenvalue weighted by molar-refractivity contribution is 0.690. The normalized spacial score (nSPS) is 12.9. The summed E-state index contributed by atoms with van der Waals surface area (Å²) in [7, 11) is 0. The molecular weight excluding hydrogens is 134 g/mol. The minimum absolute atomic E-state index is 0.598. The summed E-state index contributed by atoms with van der Waals surface area (Å²) in [5.41, 5.74) is 6.85. The van der Waals surface area contributed by atoms with E-state index in [9.17, 15) is 0 Å². The minimum Gasteiger partial charge on any atom is -0.330 e. The standard InChI is InChI=1S/C10H15N/c1-9(7-8-11)10-5-3-2-4-6-10/h2-6,9H,7-8,11H2,1H3. The number of hydrogen-bond donors (Lipinski definition) is 1. The molecule has 1 heteroatoms. The topological polar surface area (TPSA) is 26.0 Å². The smallest absolute Gasteiger partial charge is 0.00715 e. The molecule has 0 amide bonds. The number of rotatable bonds is 3. The highest BCUT2D eigenvalue weighted by atomic mass is 14.5. The van der Waals surface area contributed by atoms with Crippen molar-refractivity contribution >= 4 is 0 Å². The van der Waals surface area contributed by atoms with Gasteiger partial charge in [0.1, 0.15) is 0 Å². The van der Waals surface area contributed by atoms with Gasteiger partial charge in [0.2, 0.25) is 0 Å². The maximum atomic E-state index is 5.47. The molecule has 0 spiro atoms. The minimum atomic E-state index is 0.598. The largest absolute Gasteiger partial charge is 0.330 e. The van der Waals surface area contributed by atoms with Crippen LogP contribution in [0.1, 0.15) is 24.8 Å². The Morgan fingerprint density at radius 2 is 1.91 bits per heavy atom. The maximum absolute atomic E-state index is 5.47. The summed E-state index contributed by atoms with van der Waals surface area (Å²) >= 11 is 0. The molecule has 0 fully saturated rings. The van der Waals surface area contributed by atoms with Gasteiger partial charge in [-0.05, 0) is 24.4 Å². The second kappa shape index (κ2) is 4.14. The van der Waals surface area contributed by atoms with Gasteiger partial charge in [-0.3, -0.25) is 0 Å². The Labute approximate surface area is 68.2 Å². The van der Waals surface area contributed by atoms with Crippen molar-refractivity contribution < 1.29 is 0 Å². The second-order valence-corrected chi connectivity index (χ2v) is 2.89. The first kappa shape index (κ1) is 8.28. The van der Waals surface area contributed by atoms with Crippen molar-refractivity contribution in [2.75, 3.05) is 6.54 Å². The first-order chi connectivity index (χ1) is 5.34. The summed E-state index contributed by atoms with van der Waals surface area (Å²) in [6, 6.07) is 10.5. The summed E-state index contributed by atoms with van der Waals surface area (Å²) in [5.74, 6) is 0.598. The third-order valence-electron chi connectivity index (χ3n) is 1.97. The van der Waals surface area contributed by atoms with Gasteiger partial charge in [-0.1, -0.05) is 37.3 Å². The Kier molecular flexibility index (Phi) is 3.12. The average molecular weight is 149 g/mol. The molecule has 11 heavy (non-hydrogen) atoms. The van der Waals surface area contributed by atoms with Crippen LogP contribution < -0.4 is 5.73 Å². The fraction of sp³-hybridized carbons (Fsp3) is 0.400. The highest BCUT2D eigenvalue weighted by molar-refractivity contribution is 5.18. The molecule has 1 atom stereocenters. The number of benzene rings is 1. The summed E-state index contributed by atoms with van der Waals surface area (Å²) < 4.78 is 0. The molecule has 2 N–H and O–H groups in total. The van der Waals surface area contributed by atoms with Crippen molar-refractivity contribution in [1.82, 2.24) is 0 Å². The van der Waals surface area contributed by atoms with Crippen LogP contribution in [0, 0.1) is 0 Å².